The second kappa shape index (κ2) is 8.28. The monoisotopic (exact) mass is 425 g/mol. The van der Waals surface area contributed by atoms with Crippen LogP contribution >= 0.6 is 11.3 Å². The first-order valence-electron chi connectivity index (χ1n) is 10.4. The van der Waals surface area contributed by atoms with E-state index >= 15 is 0 Å². The van der Waals surface area contributed by atoms with Crippen LogP contribution in [-0.2, 0) is 13.1 Å². The van der Waals surface area contributed by atoms with E-state index in [4.69, 9.17) is 4.98 Å². The molecular formula is C22H24FN5OS. The minimum Gasteiger partial charge on any atom is -0.353 e. The lowest BCUT2D eigenvalue weighted by molar-refractivity contribution is 0.246. The van der Waals surface area contributed by atoms with Crippen molar-refractivity contribution in [2.45, 2.75) is 31.8 Å². The zero-order valence-electron chi connectivity index (χ0n) is 16.7. The Balaban J connectivity index is 1.21. The quantitative estimate of drug-likeness (QED) is 0.608. The molecule has 0 amide bonds. The van der Waals surface area contributed by atoms with Gasteiger partial charge in [-0.1, -0.05) is 12.1 Å². The molecule has 30 heavy (non-hydrogen) atoms. The number of piperazine rings is 1. The Kier molecular flexibility index (Phi) is 5.35. The number of benzene rings is 1. The van der Waals surface area contributed by atoms with Gasteiger partial charge in [0.1, 0.15) is 11.6 Å². The molecule has 1 saturated heterocycles. The van der Waals surface area contributed by atoms with Gasteiger partial charge < -0.3 is 4.90 Å². The zero-order chi connectivity index (χ0) is 20.5. The summed E-state index contributed by atoms with van der Waals surface area (Å²) in [6.07, 6.45) is 2.59. The number of hydrogen-bond donors (Lipinski definition) is 0. The molecule has 0 N–H and O–H groups in total. The molecule has 0 unspecified atom stereocenters. The van der Waals surface area contributed by atoms with Crippen LogP contribution in [0.4, 0.5) is 10.2 Å². The van der Waals surface area contributed by atoms with Gasteiger partial charge in [-0.05, 0) is 36.6 Å². The molecule has 6 nitrogen and oxygen atoms in total. The number of nitrogens with zero attached hydrogens (tertiary/aromatic N) is 5. The third-order valence-corrected chi connectivity index (χ3v) is 6.73. The average molecular weight is 426 g/mol. The van der Waals surface area contributed by atoms with Crippen LogP contribution in [0.3, 0.4) is 0 Å². The molecule has 3 heterocycles. The smallest absolute Gasteiger partial charge is 0.267 e. The Morgan fingerprint density at radius 3 is 2.50 bits per heavy atom. The second-order valence-electron chi connectivity index (χ2n) is 8.03. The van der Waals surface area contributed by atoms with E-state index in [9.17, 15) is 9.18 Å². The van der Waals surface area contributed by atoms with E-state index in [1.54, 1.807) is 35.6 Å². The van der Waals surface area contributed by atoms with Crippen LogP contribution in [0.2, 0.25) is 0 Å². The van der Waals surface area contributed by atoms with Crippen LogP contribution in [0.15, 0.2) is 46.6 Å². The summed E-state index contributed by atoms with van der Waals surface area (Å²) in [6, 6.07) is 9.53. The molecule has 5 rings (SSSR count). The third kappa shape index (κ3) is 4.44. The lowest BCUT2D eigenvalue weighted by Gasteiger charge is -2.35. The van der Waals surface area contributed by atoms with Gasteiger partial charge in [0.05, 0.1) is 17.2 Å². The van der Waals surface area contributed by atoms with E-state index in [-0.39, 0.29) is 11.4 Å². The maximum atomic E-state index is 13.1. The lowest BCUT2D eigenvalue weighted by Crippen LogP contribution is -2.46. The summed E-state index contributed by atoms with van der Waals surface area (Å²) < 4.78 is 14.6. The van der Waals surface area contributed by atoms with Crippen molar-refractivity contribution in [2.24, 2.45) is 0 Å². The predicted molar refractivity (Wildman–Crippen MR) is 116 cm³/mol. The van der Waals surface area contributed by atoms with Gasteiger partial charge in [-0.25, -0.2) is 14.1 Å². The summed E-state index contributed by atoms with van der Waals surface area (Å²) in [5, 5.41) is 8.06. The SMILES string of the molecule is O=c1ccc(N2CCN(Cc3csc(C4CC4)n3)CC2)nn1Cc1ccc(F)cc1. The van der Waals surface area contributed by atoms with E-state index in [1.165, 1.54) is 40.4 Å². The van der Waals surface area contributed by atoms with Crippen molar-refractivity contribution < 1.29 is 4.39 Å². The molecule has 156 valence electrons. The molecule has 0 radical (unpaired) electrons. The second-order valence-corrected chi connectivity index (χ2v) is 8.92. The number of rotatable bonds is 6. The third-order valence-electron chi connectivity index (χ3n) is 5.68. The standard InChI is InChI=1S/C22H24FN5OS/c23-18-5-1-16(2-6-18)13-28-21(29)8-7-20(25-28)27-11-9-26(10-12-27)14-19-15-30-22(24-19)17-3-4-17/h1-2,5-8,15,17H,3-4,9-14H2. The van der Waals surface area contributed by atoms with E-state index in [0.29, 0.717) is 6.54 Å². The summed E-state index contributed by atoms with van der Waals surface area (Å²) in [6.45, 7) is 4.83. The van der Waals surface area contributed by atoms with Crippen molar-refractivity contribution >= 4 is 17.2 Å². The number of hydrogen-bond acceptors (Lipinski definition) is 6. The van der Waals surface area contributed by atoms with Gasteiger partial charge in [0, 0.05) is 50.1 Å². The van der Waals surface area contributed by atoms with Crippen LogP contribution in [-0.4, -0.2) is 45.8 Å². The largest absolute Gasteiger partial charge is 0.353 e. The molecule has 1 aliphatic heterocycles. The van der Waals surface area contributed by atoms with Crippen molar-refractivity contribution in [1.82, 2.24) is 19.7 Å². The molecule has 0 spiro atoms. The molecule has 3 aromatic rings. The number of anilines is 1. The van der Waals surface area contributed by atoms with Gasteiger partial charge in [-0.2, -0.15) is 5.10 Å². The number of thiazole rings is 1. The molecule has 0 atom stereocenters. The van der Waals surface area contributed by atoms with Gasteiger partial charge in [-0.3, -0.25) is 9.69 Å². The van der Waals surface area contributed by atoms with Crippen molar-refractivity contribution in [1.29, 1.82) is 0 Å². The molecule has 2 aliphatic rings. The summed E-state index contributed by atoms with van der Waals surface area (Å²) in [4.78, 5) is 21.7. The lowest BCUT2D eigenvalue weighted by atomic mass is 10.2. The van der Waals surface area contributed by atoms with Gasteiger partial charge in [0.15, 0.2) is 0 Å². The molecule has 1 aromatic carbocycles. The Labute approximate surface area is 178 Å². The highest BCUT2D eigenvalue weighted by molar-refractivity contribution is 7.09. The first-order chi connectivity index (χ1) is 14.6. The van der Waals surface area contributed by atoms with Crippen LogP contribution in [0.5, 0.6) is 0 Å². The fourth-order valence-electron chi connectivity index (χ4n) is 3.76. The summed E-state index contributed by atoms with van der Waals surface area (Å²) in [5.41, 5.74) is 1.87. The number of aromatic nitrogens is 3. The van der Waals surface area contributed by atoms with E-state index < -0.39 is 0 Å². The summed E-state index contributed by atoms with van der Waals surface area (Å²) in [7, 11) is 0. The maximum Gasteiger partial charge on any atom is 0.267 e. The van der Waals surface area contributed by atoms with Crippen LogP contribution in [0.25, 0.3) is 0 Å². The topological polar surface area (TPSA) is 54.3 Å². The molecule has 2 fully saturated rings. The highest BCUT2D eigenvalue weighted by Crippen LogP contribution is 2.41. The van der Waals surface area contributed by atoms with E-state index in [1.807, 2.05) is 0 Å². The van der Waals surface area contributed by atoms with Crippen molar-refractivity contribution in [3.05, 3.63) is 74.2 Å². The minimum atomic E-state index is -0.285. The molecular weight excluding hydrogens is 401 g/mol. The zero-order valence-corrected chi connectivity index (χ0v) is 17.5. The minimum absolute atomic E-state index is 0.156. The molecule has 1 aliphatic carbocycles. The first-order valence-corrected chi connectivity index (χ1v) is 11.3. The Bertz CT molecular complexity index is 1070. The predicted octanol–water partition coefficient (Wildman–Crippen LogP) is 3.09. The Morgan fingerprint density at radius 1 is 1.00 bits per heavy atom. The van der Waals surface area contributed by atoms with Gasteiger partial charge in [0.2, 0.25) is 0 Å². The van der Waals surface area contributed by atoms with Crippen molar-refractivity contribution in [2.75, 3.05) is 31.1 Å². The summed E-state index contributed by atoms with van der Waals surface area (Å²) >= 11 is 1.80. The highest BCUT2D eigenvalue weighted by atomic mass is 32.1. The van der Waals surface area contributed by atoms with Gasteiger partial charge in [-0.15, -0.1) is 11.3 Å². The van der Waals surface area contributed by atoms with Crippen LogP contribution in [0, 0.1) is 5.82 Å². The normalized spacial score (nSPS) is 17.4. The molecule has 2 aromatic heterocycles. The fourth-order valence-corrected chi connectivity index (χ4v) is 4.74. The number of halogens is 1. The average Bonchev–Trinajstić information content (AvgIpc) is 3.51. The van der Waals surface area contributed by atoms with E-state index in [0.717, 1.165) is 50.0 Å². The molecule has 0 bridgehead atoms. The maximum absolute atomic E-state index is 13.1. The Hall–Kier alpha value is -2.58. The van der Waals surface area contributed by atoms with Gasteiger partial charge >= 0.3 is 0 Å². The summed E-state index contributed by atoms with van der Waals surface area (Å²) in [5.74, 6) is 1.24. The Morgan fingerprint density at radius 2 is 1.77 bits per heavy atom. The molecule has 1 saturated carbocycles. The van der Waals surface area contributed by atoms with Crippen molar-refractivity contribution in [3.63, 3.8) is 0 Å². The fraction of sp³-hybridized carbons (Fsp3) is 0.409. The van der Waals surface area contributed by atoms with Gasteiger partial charge in [0.25, 0.3) is 5.56 Å². The highest BCUT2D eigenvalue weighted by Gasteiger charge is 2.27. The van der Waals surface area contributed by atoms with Crippen LogP contribution in [0.1, 0.15) is 35.0 Å². The van der Waals surface area contributed by atoms with E-state index in [2.05, 4.69) is 20.3 Å². The first kappa shape index (κ1) is 19.4. The molecule has 8 heteroatoms. The van der Waals surface area contributed by atoms with Crippen LogP contribution < -0.4 is 10.5 Å². The van der Waals surface area contributed by atoms with Crippen molar-refractivity contribution in [3.8, 4) is 0 Å².